The lowest BCUT2D eigenvalue weighted by Crippen LogP contribution is -2.57. The van der Waals surface area contributed by atoms with Gasteiger partial charge in [-0.25, -0.2) is 9.97 Å². The van der Waals surface area contributed by atoms with Gasteiger partial charge in [0, 0.05) is 45.0 Å². The van der Waals surface area contributed by atoms with E-state index in [1.807, 2.05) is 48.8 Å². The minimum atomic E-state index is -0.559. The van der Waals surface area contributed by atoms with Gasteiger partial charge in [-0.2, -0.15) is 4.98 Å². The van der Waals surface area contributed by atoms with Crippen LogP contribution in [-0.4, -0.2) is 76.0 Å². The van der Waals surface area contributed by atoms with E-state index in [1.165, 1.54) is 0 Å². The molecule has 1 N–H and O–H groups in total. The second kappa shape index (κ2) is 8.70. The minimum absolute atomic E-state index is 0.0189. The van der Waals surface area contributed by atoms with Crippen LogP contribution in [0.15, 0.2) is 36.8 Å². The van der Waals surface area contributed by atoms with Gasteiger partial charge >= 0.3 is 0 Å². The third-order valence-corrected chi connectivity index (χ3v) is 7.27. The van der Waals surface area contributed by atoms with Crippen LogP contribution in [-0.2, 0) is 10.3 Å². The van der Waals surface area contributed by atoms with E-state index in [2.05, 4.69) is 44.0 Å². The molecule has 0 aliphatic carbocycles. The number of nitrogens with zero attached hydrogens (tertiary/aromatic N) is 7. The number of hydrogen-bond donors (Lipinski definition) is 1. The number of aromatic nitrogens is 4. The highest BCUT2D eigenvalue weighted by molar-refractivity contribution is 6.32. The first-order valence-corrected chi connectivity index (χ1v) is 12.1. The summed E-state index contributed by atoms with van der Waals surface area (Å²) in [6.45, 7) is 10.1. The van der Waals surface area contributed by atoms with Crippen molar-refractivity contribution < 1.29 is 4.79 Å². The molecule has 0 bridgehead atoms. The smallest absolute Gasteiger partial charge is 0.227 e. The lowest BCUT2D eigenvalue weighted by molar-refractivity contribution is -0.127. The Hall–Kier alpha value is -2.91. The Balaban J connectivity index is 1.24. The number of halogens is 1. The van der Waals surface area contributed by atoms with Gasteiger partial charge in [0.2, 0.25) is 11.9 Å². The van der Waals surface area contributed by atoms with E-state index in [9.17, 15) is 4.79 Å². The number of piperazine rings is 1. The summed E-state index contributed by atoms with van der Waals surface area (Å²) in [6.07, 6.45) is 5.46. The molecule has 2 saturated heterocycles. The quantitative estimate of drug-likeness (QED) is 0.598. The molecule has 0 aromatic carbocycles. The molecule has 10 heteroatoms. The van der Waals surface area contributed by atoms with Crippen molar-refractivity contribution in [1.82, 2.24) is 29.6 Å². The van der Waals surface area contributed by atoms with Crippen LogP contribution in [0, 0.1) is 5.92 Å². The summed E-state index contributed by atoms with van der Waals surface area (Å²) in [6, 6.07) is 6.30. The fraction of sp³-hybridized carbons (Fsp3) is 0.500. The van der Waals surface area contributed by atoms with Gasteiger partial charge in [-0.1, -0.05) is 17.7 Å². The molecule has 9 nitrogen and oxygen atoms in total. The summed E-state index contributed by atoms with van der Waals surface area (Å²) < 4.78 is 2.01. The van der Waals surface area contributed by atoms with Gasteiger partial charge in [0.05, 0.1) is 29.5 Å². The fourth-order valence-corrected chi connectivity index (χ4v) is 4.85. The molecule has 0 unspecified atom stereocenters. The van der Waals surface area contributed by atoms with E-state index in [1.54, 1.807) is 6.20 Å². The molecule has 2 aliphatic rings. The molecular formula is C24H31ClN8O. The molecule has 5 rings (SSSR count). The molecule has 2 fully saturated rings. The van der Waals surface area contributed by atoms with Crippen molar-refractivity contribution >= 4 is 34.9 Å². The van der Waals surface area contributed by atoms with Crippen LogP contribution in [0.4, 0.5) is 11.8 Å². The molecule has 180 valence electrons. The zero-order valence-corrected chi connectivity index (χ0v) is 20.8. The number of anilines is 2. The topological polar surface area (TPSA) is 81.9 Å². The van der Waals surface area contributed by atoms with Crippen LogP contribution >= 0.6 is 11.6 Å². The maximum atomic E-state index is 13.1. The number of hydrogen-bond acceptors (Lipinski definition) is 7. The second-order valence-electron chi connectivity index (χ2n) is 9.91. The molecule has 0 spiro atoms. The van der Waals surface area contributed by atoms with Crippen molar-refractivity contribution in [1.29, 1.82) is 0 Å². The summed E-state index contributed by atoms with van der Waals surface area (Å²) in [5.74, 6) is 1.28. The molecule has 3 aromatic heterocycles. The van der Waals surface area contributed by atoms with Gasteiger partial charge in [-0.3, -0.25) is 4.79 Å². The van der Waals surface area contributed by atoms with Crippen LogP contribution in [0.5, 0.6) is 0 Å². The Morgan fingerprint density at radius 3 is 2.68 bits per heavy atom. The highest BCUT2D eigenvalue weighted by Crippen LogP contribution is 2.32. The Labute approximate surface area is 204 Å². The number of amides is 1. The molecule has 5 heterocycles. The van der Waals surface area contributed by atoms with Gasteiger partial charge in [0.25, 0.3) is 0 Å². The number of likely N-dealkylation sites (N-methyl/N-ethyl adjacent to an activating group) is 1. The average molecular weight is 483 g/mol. The average Bonchev–Trinajstić information content (AvgIpc) is 3.21. The van der Waals surface area contributed by atoms with Crippen molar-refractivity contribution in [2.75, 3.05) is 49.6 Å². The second-order valence-corrected chi connectivity index (χ2v) is 10.3. The van der Waals surface area contributed by atoms with Crippen molar-refractivity contribution in [2.24, 2.45) is 5.92 Å². The number of nitrogens with one attached hydrogen (secondary N) is 1. The van der Waals surface area contributed by atoms with Gasteiger partial charge < -0.3 is 24.4 Å². The molecule has 0 radical (unpaired) electrons. The predicted molar refractivity (Wildman–Crippen MR) is 133 cm³/mol. The molecular weight excluding hydrogens is 452 g/mol. The number of carbonyl (C=O) groups excluding carboxylic acids is 1. The van der Waals surface area contributed by atoms with Gasteiger partial charge in [0.15, 0.2) is 5.82 Å². The van der Waals surface area contributed by atoms with Gasteiger partial charge in [-0.15, -0.1) is 0 Å². The SMILES string of the molecule is C[C@H]1CN(c2ncc(Cl)c(N3CC(C(=O)NC(C)(C)c4cnc5ccccn45)C3)n2)CCN1C. The van der Waals surface area contributed by atoms with Crippen LogP contribution in [0.3, 0.4) is 0 Å². The van der Waals surface area contributed by atoms with Crippen molar-refractivity contribution in [3.05, 3.63) is 47.5 Å². The Morgan fingerprint density at radius 2 is 1.91 bits per heavy atom. The maximum Gasteiger partial charge on any atom is 0.227 e. The number of carbonyl (C=O) groups is 1. The van der Waals surface area contributed by atoms with Crippen molar-refractivity contribution in [3.8, 4) is 0 Å². The molecule has 1 atom stereocenters. The highest BCUT2D eigenvalue weighted by Gasteiger charge is 2.38. The highest BCUT2D eigenvalue weighted by atomic mass is 35.5. The predicted octanol–water partition coefficient (Wildman–Crippen LogP) is 2.41. The van der Waals surface area contributed by atoms with Crippen LogP contribution in [0.2, 0.25) is 5.02 Å². The Kier molecular flexibility index (Phi) is 5.85. The van der Waals surface area contributed by atoms with Gasteiger partial charge in [0.1, 0.15) is 10.7 Å². The summed E-state index contributed by atoms with van der Waals surface area (Å²) in [4.78, 5) is 33.4. The Morgan fingerprint density at radius 1 is 1.12 bits per heavy atom. The lowest BCUT2D eigenvalue weighted by Gasteiger charge is -2.41. The molecule has 0 saturated carbocycles. The first kappa shape index (κ1) is 22.9. The van der Waals surface area contributed by atoms with E-state index in [0.717, 1.165) is 31.0 Å². The van der Waals surface area contributed by atoms with E-state index in [4.69, 9.17) is 16.6 Å². The summed E-state index contributed by atoms with van der Waals surface area (Å²) >= 11 is 6.45. The molecule has 1 amide bonds. The first-order chi connectivity index (χ1) is 16.2. The largest absolute Gasteiger partial charge is 0.353 e. The summed E-state index contributed by atoms with van der Waals surface area (Å²) in [5.41, 5.74) is 1.24. The number of rotatable bonds is 5. The first-order valence-electron chi connectivity index (χ1n) is 11.7. The van der Waals surface area contributed by atoms with Crippen molar-refractivity contribution in [2.45, 2.75) is 32.4 Å². The maximum absolute atomic E-state index is 13.1. The van der Waals surface area contributed by atoms with E-state index < -0.39 is 5.54 Å². The zero-order chi connectivity index (χ0) is 24.0. The standard InChI is InChI=1S/C24H31ClN8O/c1-16-13-31(10-9-30(16)4)23-27-11-18(25)21(28-23)32-14-17(15-32)22(34)29-24(2,3)19-12-26-20-7-5-6-8-33(19)20/h5-8,11-12,16-17H,9-10,13-15H2,1-4H3,(H,29,34)/t16-/m0/s1. The number of imidazole rings is 1. The molecule has 2 aliphatic heterocycles. The molecule has 34 heavy (non-hydrogen) atoms. The summed E-state index contributed by atoms with van der Waals surface area (Å²) in [5, 5.41) is 3.72. The fourth-order valence-electron chi connectivity index (χ4n) is 4.64. The van der Waals surface area contributed by atoms with Crippen molar-refractivity contribution in [3.63, 3.8) is 0 Å². The number of fused-ring (bicyclic) bond motifs is 1. The minimum Gasteiger partial charge on any atom is -0.353 e. The lowest BCUT2D eigenvalue weighted by atomic mass is 9.95. The number of pyridine rings is 1. The van der Waals surface area contributed by atoms with E-state index >= 15 is 0 Å². The zero-order valence-electron chi connectivity index (χ0n) is 20.1. The summed E-state index contributed by atoms with van der Waals surface area (Å²) in [7, 11) is 2.14. The van der Waals surface area contributed by atoms with Gasteiger partial charge in [-0.05, 0) is 40.0 Å². The Bertz CT molecular complexity index is 1200. The monoisotopic (exact) mass is 482 g/mol. The normalized spacial score (nSPS) is 20.0. The van der Waals surface area contributed by atoms with E-state index in [0.29, 0.717) is 35.9 Å². The molecule has 3 aromatic rings. The van der Waals surface area contributed by atoms with Crippen LogP contribution in [0.25, 0.3) is 5.65 Å². The van der Waals surface area contributed by atoms with Crippen LogP contribution < -0.4 is 15.1 Å². The van der Waals surface area contributed by atoms with E-state index in [-0.39, 0.29) is 11.8 Å². The third kappa shape index (κ3) is 4.18. The third-order valence-electron chi connectivity index (χ3n) is 7.00. The van der Waals surface area contributed by atoms with Crippen LogP contribution in [0.1, 0.15) is 26.5 Å².